The van der Waals surface area contributed by atoms with Gasteiger partial charge in [-0.25, -0.2) is 4.79 Å². The first-order valence-electron chi connectivity index (χ1n) is 8.56. The van der Waals surface area contributed by atoms with Crippen molar-refractivity contribution < 1.29 is 9.53 Å². The van der Waals surface area contributed by atoms with Gasteiger partial charge in [0.2, 0.25) is 0 Å². The maximum atomic E-state index is 11.9. The molecule has 2 N–H and O–H groups in total. The first-order valence-corrected chi connectivity index (χ1v) is 8.56. The van der Waals surface area contributed by atoms with Crippen LogP contribution >= 0.6 is 0 Å². The number of carbonyl (C=O) groups is 1. The molecule has 2 amide bonds. The van der Waals surface area contributed by atoms with E-state index in [9.17, 15) is 4.79 Å². The molecule has 0 heterocycles. The van der Waals surface area contributed by atoms with Crippen molar-refractivity contribution in [1.82, 2.24) is 10.6 Å². The van der Waals surface area contributed by atoms with Crippen LogP contribution in [0.3, 0.4) is 0 Å². The average Bonchev–Trinajstić information content (AvgIpc) is 2.47. The lowest BCUT2D eigenvalue weighted by molar-refractivity contribution is 0.233. The number of hydrogen-bond donors (Lipinski definition) is 2. The number of aryl methyl sites for hydroxylation is 1. The average molecular weight is 330 g/mol. The molecule has 0 bridgehead atoms. The van der Waals surface area contributed by atoms with Crippen LogP contribution in [0.4, 0.5) is 4.79 Å². The molecule has 0 radical (unpaired) electrons. The highest BCUT2D eigenvalue weighted by molar-refractivity contribution is 5.77. The minimum Gasteiger partial charge on any atom is -0.497 e. The van der Waals surface area contributed by atoms with E-state index in [1.165, 1.54) is 16.7 Å². The van der Waals surface area contributed by atoms with Crippen molar-refractivity contribution in [3.63, 3.8) is 0 Å². The van der Waals surface area contributed by atoms with E-state index in [2.05, 4.69) is 42.7 Å². The Morgan fingerprint density at radius 2 is 2.04 bits per heavy atom. The number of methoxy groups -OCH3 is 1. The largest absolute Gasteiger partial charge is 0.497 e. The van der Waals surface area contributed by atoms with Crippen LogP contribution in [0.1, 0.15) is 52.2 Å². The van der Waals surface area contributed by atoms with Gasteiger partial charge in [0.1, 0.15) is 5.75 Å². The van der Waals surface area contributed by atoms with Gasteiger partial charge in [-0.05, 0) is 67.9 Å². The molecular weight excluding hydrogens is 300 g/mol. The molecule has 4 heteroatoms. The molecule has 132 valence electrons. The molecule has 4 nitrogen and oxygen atoms in total. The second-order valence-corrected chi connectivity index (χ2v) is 8.11. The van der Waals surface area contributed by atoms with Gasteiger partial charge in [0.25, 0.3) is 0 Å². The van der Waals surface area contributed by atoms with Crippen molar-refractivity contribution >= 4 is 11.6 Å². The standard InChI is InChI=1S/C20H30N2O2/c1-19(2,3)22-18(23)21-12-10-17-16-13-15(24-6)8-7-14(16)9-11-20(17,4)5/h7-8,10,13H,9,11-12H2,1-6H3,(H2,21,22,23). The molecule has 1 aliphatic carbocycles. The van der Waals surface area contributed by atoms with E-state index in [4.69, 9.17) is 4.74 Å². The van der Waals surface area contributed by atoms with E-state index in [0.29, 0.717) is 6.54 Å². The highest BCUT2D eigenvalue weighted by atomic mass is 16.5. The highest BCUT2D eigenvalue weighted by Gasteiger charge is 2.30. The molecule has 0 atom stereocenters. The van der Waals surface area contributed by atoms with Gasteiger partial charge in [0, 0.05) is 12.1 Å². The van der Waals surface area contributed by atoms with Crippen molar-refractivity contribution in [2.45, 2.75) is 53.0 Å². The summed E-state index contributed by atoms with van der Waals surface area (Å²) in [5.74, 6) is 0.871. The number of ether oxygens (including phenoxy) is 1. The summed E-state index contributed by atoms with van der Waals surface area (Å²) in [6.07, 6.45) is 4.31. The molecule has 0 aromatic heterocycles. The third-order valence-corrected chi connectivity index (χ3v) is 4.41. The van der Waals surface area contributed by atoms with Crippen molar-refractivity contribution in [1.29, 1.82) is 0 Å². The van der Waals surface area contributed by atoms with Crippen molar-refractivity contribution in [2.24, 2.45) is 5.41 Å². The van der Waals surface area contributed by atoms with Crippen molar-refractivity contribution in [2.75, 3.05) is 13.7 Å². The third kappa shape index (κ3) is 4.53. The van der Waals surface area contributed by atoms with Gasteiger partial charge in [-0.3, -0.25) is 0 Å². The fraction of sp³-hybridized carbons (Fsp3) is 0.550. The van der Waals surface area contributed by atoms with Crippen LogP contribution in [0.15, 0.2) is 24.3 Å². The Bertz CT molecular complexity index is 640. The number of rotatable bonds is 3. The van der Waals surface area contributed by atoms with Crippen molar-refractivity contribution in [3.05, 3.63) is 35.4 Å². The number of amides is 2. The quantitative estimate of drug-likeness (QED) is 0.875. The minimum absolute atomic E-state index is 0.0849. The molecular formula is C20H30N2O2. The van der Waals surface area contributed by atoms with Gasteiger partial charge in [-0.2, -0.15) is 0 Å². The number of benzene rings is 1. The fourth-order valence-corrected chi connectivity index (χ4v) is 3.11. The zero-order valence-electron chi connectivity index (χ0n) is 15.7. The number of allylic oxidation sites excluding steroid dienone is 1. The van der Waals surface area contributed by atoms with E-state index in [0.717, 1.165) is 18.6 Å². The Labute approximate surface area is 145 Å². The highest BCUT2D eigenvalue weighted by Crippen LogP contribution is 2.45. The smallest absolute Gasteiger partial charge is 0.315 e. The summed E-state index contributed by atoms with van der Waals surface area (Å²) in [5, 5.41) is 5.84. The van der Waals surface area contributed by atoms with E-state index < -0.39 is 0 Å². The predicted octanol–water partition coefficient (Wildman–Crippen LogP) is 4.15. The van der Waals surface area contributed by atoms with E-state index in [1.807, 2.05) is 26.8 Å². The second-order valence-electron chi connectivity index (χ2n) is 8.11. The van der Waals surface area contributed by atoms with Gasteiger partial charge in [-0.15, -0.1) is 0 Å². The van der Waals surface area contributed by atoms with Crippen LogP contribution < -0.4 is 15.4 Å². The zero-order chi connectivity index (χ0) is 18.0. The van der Waals surface area contributed by atoms with E-state index >= 15 is 0 Å². The molecule has 2 rings (SSSR count). The summed E-state index contributed by atoms with van der Waals surface area (Å²) in [7, 11) is 1.69. The van der Waals surface area contributed by atoms with Crippen LogP contribution in [0.5, 0.6) is 5.75 Å². The van der Waals surface area contributed by atoms with Gasteiger partial charge in [-0.1, -0.05) is 26.0 Å². The van der Waals surface area contributed by atoms with E-state index in [-0.39, 0.29) is 17.0 Å². The topological polar surface area (TPSA) is 50.4 Å². The Hall–Kier alpha value is -1.97. The Kier molecular flexibility index (Phi) is 5.26. The molecule has 0 aliphatic heterocycles. The second kappa shape index (κ2) is 6.88. The molecule has 0 fully saturated rings. The van der Waals surface area contributed by atoms with Crippen LogP contribution in [-0.2, 0) is 6.42 Å². The summed E-state index contributed by atoms with van der Waals surface area (Å²) in [6.45, 7) is 10.9. The van der Waals surface area contributed by atoms with Crippen LogP contribution in [0.2, 0.25) is 0 Å². The molecule has 24 heavy (non-hydrogen) atoms. The molecule has 0 saturated carbocycles. The first-order chi connectivity index (χ1) is 11.1. The molecule has 0 spiro atoms. The lowest BCUT2D eigenvalue weighted by atomic mass is 9.70. The molecule has 1 aromatic carbocycles. The summed E-state index contributed by atoms with van der Waals surface area (Å²) < 4.78 is 5.39. The number of urea groups is 1. The molecule has 0 unspecified atom stereocenters. The maximum absolute atomic E-state index is 11.9. The van der Waals surface area contributed by atoms with Gasteiger partial charge in [0.15, 0.2) is 0 Å². The normalized spacial score (nSPS) is 18.0. The SMILES string of the molecule is COc1ccc2c(c1)C(=CCNC(=O)NC(C)(C)C)C(C)(C)CC2. The third-order valence-electron chi connectivity index (χ3n) is 4.41. The minimum atomic E-state index is -0.235. The van der Waals surface area contributed by atoms with E-state index in [1.54, 1.807) is 7.11 Å². The lowest BCUT2D eigenvalue weighted by Gasteiger charge is -2.35. The molecule has 1 aliphatic rings. The fourth-order valence-electron chi connectivity index (χ4n) is 3.11. The molecule has 0 saturated heterocycles. The molecule has 1 aromatic rings. The van der Waals surface area contributed by atoms with Gasteiger partial charge in [0.05, 0.1) is 7.11 Å². The Balaban J connectivity index is 2.19. The number of fused-ring (bicyclic) bond motifs is 1. The number of hydrogen-bond acceptors (Lipinski definition) is 2. The van der Waals surface area contributed by atoms with Gasteiger partial charge < -0.3 is 15.4 Å². The summed E-state index contributed by atoms with van der Waals surface area (Å²) in [5.41, 5.74) is 3.71. The Morgan fingerprint density at radius 3 is 2.67 bits per heavy atom. The monoisotopic (exact) mass is 330 g/mol. The number of carbonyl (C=O) groups excluding carboxylic acids is 1. The summed E-state index contributed by atoms with van der Waals surface area (Å²) >= 11 is 0. The zero-order valence-corrected chi connectivity index (χ0v) is 15.7. The summed E-state index contributed by atoms with van der Waals surface area (Å²) in [4.78, 5) is 11.9. The van der Waals surface area contributed by atoms with Crippen LogP contribution in [-0.4, -0.2) is 25.2 Å². The summed E-state index contributed by atoms with van der Waals surface area (Å²) in [6, 6.07) is 6.14. The first kappa shape index (κ1) is 18.4. The predicted molar refractivity (Wildman–Crippen MR) is 99.4 cm³/mol. The van der Waals surface area contributed by atoms with Crippen LogP contribution in [0, 0.1) is 5.41 Å². The van der Waals surface area contributed by atoms with Gasteiger partial charge >= 0.3 is 6.03 Å². The lowest BCUT2D eigenvalue weighted by Crippen LogP contribution is -2.46. The van der Waals surface area contributed by atoms with Crippen molar-refractivity contribution in [3.8, 4) is 5.75 Å². The number of nitrogens with one attached hydrogen (secondary N) is 2. The Morgan fingerprint density at radius 1 is 1.33 bits per heavy atom. The maximum Gasteiger partial charge on any atom is 0.315 e. The van der Waals surface area contributed by atoms with Crippen LogP contribution in [0.25, 0.3) is 5.57 Å².